The average Bonchev–Trinajstić information content (AvgIpc) is 2.74. The van der Waals surface area contributed by atoms with Crippen LogP contribution in [0.2, 0.25) is 0 Å². The van der Waals surface area contributed by atoms with Gasteiger partial charge in [0.2, 0.25) is 0 Å². The zero-order valence-electron chi connectivity index (χ0n) is 10.1. The van der Waals surface area contributed by atoms with E-state index in [2.05, 4.69) is 4.98 Å². The highest BCUT2D eigenvalue weighted by Crippen LogP contribution is 2.30. The molecular weight excluding hydrogens is 250 g/mol. The van der Waals surface area contributed by atoms with Gasteiger partial charge in [-0.15, -0.1) is 11.3 Å². The van der Waals surface area contributed by atoms with Gasteiger partial charge in [-0.1, -0.05) is 30.3 Å². The van der Waals surface area contributed by atoms with Crippen LogP contribution < -0.4 is 0 Å². The van der Waals surface area contributed by atoms with Crippen molar-refractivity contribution in [2.45, 2.75) is 13.0 Å². The van der Waals surface area contributed by atoms with Crippen molar-refractivity contribution in [2.24, 2.45) is 0 Å². The third-order valence-corrected chi connectivity index (χ3v) is 3.59. The number of aromatic carboxylic acids is 1. The summed E-state index contributed by atoms with van der Waals surface area (Å²) >= 11 is 1.35. The Morgan fingerprint density at radius 1 is 1.39 bits per heavy atom. The predicted molar refractivity (Wildman–Crippen MR) is 69.1 cm³/mol. The molecule has 0 aliphatic carbocycles. The summed E-state index contributed by atoms with van der Waals surface area (Å²) in [5.74, 6) is -1.00. The van der Waals surface area contributed by atoms with E-state index in [1.165, 1.54) is 11.3 Å². The van der Waals surface area contributed by atoms with Crippen LogP contribution in [0.4, 0.5) is 0 Å². The summed E-state index contributed by atoms with van der Waals surface area (Å²) in [6.45, 7) is 1.75. The number of carbonyl (C=O) groups is 1. The van der Waals surface area contributed by atoms with E-state index in [-0.39, 0.29) is 11.8 Å². The molecule has 0 amide bonds. The highest BCUT2D eigenvalue weighted by atomic mass is 32.1. The second-order valence-corrected chi connectivity index (χ2v) is 5.02. The molecule has 94 valence electrons. The van der Waals surface area contributed by atoms with Crippen LogP contribution in [0.25, 0.3) is 0 Å². The van der Waals surface area contributed by atoms with Crippen molar-refractivity contribution >= 4 is 17.3 Å². The van der Waals surface area contributed by atoms with E-state index in [1.54, 1.807) is 14.0 Å². The van der Waals surface area contributed by atoms with Crippen molar-refractivity contribution < 1.29 is 14.6 Å². The molecular formula is C13H13NO3S. The zero-order chi connectivity index (χ0) is 13.1. The van der Waals surface area contributed by atoms with Crippen molar-refractivity contribution in [1.82, 2.24) is 4.98 Å². The fraction of sp³-hybridized carbons (Fsp3) is 0.231. The smallest absolute Gasteiger partial charge is 0.355 e. The standard InChI is InChI=1S/C13H13NO3S/c1-8-10(13(15)16)14-12(18-8)11(17-2)9-6-4-3-5-7-9/h3-7,11H,1-2H3,(H,15,16). The molecule has 0 aliphatic heterocycles. The number of carboxylic acids is 1. The number of carboxylic acid groups (broad SMARTS) is 1. The summed E-state index contributed by atoms with van der Waals surface area (Å²) in [5, 5.41) is 9.67. The van der Waals surface area contributed by atoms with Gasteiger partial charge in [0.05, 0.1) is 0 Å². The minimum absolute atomic E-state index is 0.105. The van der Waals surface area contributed by atoms with Gasteiger partial charge < -0.3 is 9.84 Å². The van der Waals surface area contributed by atoms with Crippen LogP contribution in [-0.2, 0) is 4.74 Å². The summed E-state index contributed by atoms with van der Waals surface area (Å²) in [4.78, 5) is 15.8. The lowest BCUT2D eigenvalue weighted by Crippen LogP contribution is -2.04. The molecule has 0 aliphatic rings. The number of benzene rings is 1. The third kappa shape index (κ3) is 2.42. The lowest BCUT2D eigenvalue weighted by atomic mass is 10.1. The van der Waals surface area contributed by atoms with Gasteiger partial charge in [-0.2, -0.15) is 0 Å². The lowest BCUT2D eigenvalue weighted by Gasteiger charge is -2.12. The summed E-state index contributed by atoms with van der Waals surface area (Å²) in [7, 11) is 1.59. The molecule has 1 unspecified atom stereocenters. The van der Waals surface area contributed by atoms with Gasteiger partial charge in [-0.3, -0.25) is 0 Å². The fourth-order valence-corrected chi connectivity index (χ4v) is 2.75. The minimum Gasteiger partial charge on any atom is -0.476 e. The molecule has 1 heterocycles. The normalized spacial score (nSPS) is 12.3. The second-order valence-electron chi connectivity index (χ2n) is 3.79. The minimum atomic E-state index is -1.00. The molecule has 2 aromatic rings. The number of nitrogens with zero attached hydrogens (tertiary/aromatic N) is 1. The van der Waals surface area contributed by atoms with Gasteiger partial charge in [0.1, 0.15) is 11.1 Å². The van der Waals surface area contributed by atoms with Crippen LogP contribution in [-0.4, -0.2) is 23.2 Å². The molecule has 0 saturated carbocycles. The molecule has 1 atom stereocenters. The number of rotatable bonds is 4. The molecule has 1 aromatic heterocycles. The topological polar surface area (TPSA) is 59.4 Å². The van der Waals surface area contributed by atoms with Gasteiger partial charge in [0.15, 0.2) is 5.69 Å². The van der Waals surface area contributed by atoms with E-state index < -0.39 is 5.97 Å². The van der Waals surface area contributed by atoms with Crippen LogP contribution in [0.3, 0.4) is 0 Å². The molecule has 18 heavy (non-hydrogen) atoms. The molecule has 2 rings (SSSR count). The highest BCUT2D eigenvalue weighted by molar-refractivity contribution is 7.12. The van der Waals surface area contributed by atoms with Crippen LogP contribution in [0.15, 0.2) is 30.3 Å². The lowest BCUT2D eigenvalue weighted by molar-refractivity contribution is 0.0689. The van der Waals surface area contributed by atoms with Crippen molar-refractivity contribution in [3.8, 4) is 0 Å². The predicted octanol–water partition coefficient (Wildman–Crippen LogP) is 2.89. The Bertz CT molecular complexity index is 551. The molecule has 0 spiro atoms. The summed E-state index contributed by atoms with van der Waals surface area (Å²) in [6, 6.07) is 9.63. The molecule has 1 aromatic carbocycles. The number of thiazole rings is 1. The van der Waals surface area contributed by atoms with Gasteiger partial charge in [0, 0.05) is 12.0 Å². The Morgan fingerprint density at radius 2 is 2.06 bits per heavy atom. The number of hydrogen-bond donors (Lipinski definition) is 1. The zero-order valence-corrected chi connectivity index (χ0v) is 10.9. The van der Waals surface area contributed by atoms with Crippen molar-refractivity contribution in [3.05, 3.63) is 51.5 Å². The first-order valence-corrected chi connectivity index (χ1v) is 6.23. The van der Waals surface area contributed by atoms with Crippen LogP contribution >= 0.6 is 11.3 Å². The molecule has 0 saturated heterocycles. The first-order valence-electron chi connectivity index (χ1n) is 5.42. The van der Waals surface area contributed by atoms with Crippen LogP contribution in [0.1, 0.15) is 32.0 Å². The summed E-state index contributed by atoms with van der Waals surface area (Å²) in [6.07, 6.45) is -0.317. The van der Waals surface area contributed by atoms with E-state index in [1.807, 2.05) is 30.3 Å². The van der Waals surface area contributed by atoms with E-state index in [4.69, 9.17) is 9.84 Å². The Hall–Kier alpha value is -1.72. The van der Waals surface area contributed by atoms with Gasteiger partial charge >= 0.3 is 5.97 Å². The molecule has 1 N–H and O–H groups in total. The largest absolute Gasteiger partial charge is 0.476 e. The first kappa shape index (κ1) is 12.7. The number of hydrogen-bond acceptors (Lipinski definition) is 4. The molecule has 0 fully saturated rings. The van der Waals surface area contributed by atoms with Crippen molar-refractivity contribution in [1.29, 1.82) is 0 Å². The number of aryl methyl sites for hydroxylation is 1. The van der Waals surface area contributed by atoms with Crippen LogP contribution in [0, 0.1) is 6.92 Å². The second kappa shape index (κ2) is 5.29. The number of ether oxygens (including phenoxy) is 1. The first-order chi connectivity index (χ1) is 8.63. The average molecular weight is 263 g/mol. The summed E-state index contributed by atoms with van der Waals surface area (Å²) in [5.41, 5.74) is 1.07. The van der Waals surface area contributed by atoms with E-state index in [9.17, 15) is 4.79 Å². The molecule has 0 radical (unpaired) electrons. The van der Waals surface area contributed by atoms with Gasteiger partial charge in [-0.25, -0.2) is 9.78 Å². The molecule has 4 nitrogen and oxygen atoms in total. The molecule has 5 heteroatoms. The quantitative estimate of drug-likeness (QED) is 0.921. The molecule has 0 bridgehead atoms. The summed E-state index contributed by atoms with van der Waals surface area (Å²) < 4.78 is 5.43. The van der Waals surface area contributed by atoms with Crippen LogP contribution in [0.5, 0.6) is 0 Å². The van der Waals surface area contributed by atoms with Gasteiger partial charge in [-0.05, 0) is 12.5 Å². The Morgan fingerprint density at radius 3 is 2.56 bits per heavy atom. The maximum atomic E-state index is 11.0. The highest BCUT2D eigenvalue weighted by Gasteiger charge is 2.21. The maximum absolute atomic E-state index is 11.0. The number of methoxy groups -OCH3 is 1. The van der Waals surface area contributed by atoms with Crippen molar-refractivity contribution in [3.63, 3.8) is 0 Å². The number of aromatic nitrogens is 1. The van der Waals surface area contributed by atoms with Gasteiger partial charge in [0.25, 0.3) is 0 Å². The monoisotopic (exact) mass is 263 g/mol. The third-order valence-electron chi connectivity index (χ3n) is 2.58. The van der Waals surface area contributed by atoms with E-state index in [0.717, 1.165) is 5.56 Å². The van der Waals surface area contributed by atoms with E-state index in [0.29, 0.717) is 9.88 Å². The van der Waals surface area contributed by atoms with Crippen molar-refractivity contribution in [2.75, 3.05) is 7.11 Å². The Kier molecular flexibility index (Phi) is 3.74. The SMILES string of the molecule is COC(c1ccccc1)c1nc(C(=O)O)c(C)s1. The Labute approximate surface area is 109 Å². The Balaban J connectivity index is 2.40. The fourth-order valence-electron chi connectivity index (χ4n) is 1.73. The maximum Gasteiger partial charge on any atom is 0.355 e. The van der Waals surface area contributed by atoms with E-state index >= 15 is 0 Å².